The maximum Gasteiger partial charge on any atom is 0.240 e. The molecule has 0 aliphatic carbocycles. The fourth-order valence-electron chi connectivity index (χ4n) is 1.30. The van der Waals surface area contributed by atoms with Gasteiger partial charge in [0.05, 0.1) is 4.90 Å². The van der Waals surface area contributed by atoms with Crippen molar-refractivity contribution in [3.05, 3.63) is 29.6 Å². The van der Waals surface area contributed by atoms with Gasteiger partial charge in [0.2, 0.25) is 10.0 Å². The summed E-state index contributed by atoms with van der Waals surface area (Å²) in [5.74, 6) is -0.446. The molecule has 0 unspecified atom stereocenters. The van der Waals surface area contributed by atoms with E-state index in [1.54, 1.807) is 6.92 Å². The average molecular weight is 246 g/mol. The molecular formula is C10H15FN2O2S. The van der Waals surface area contributed by atoms with Crippen molar-refractivity contribution in [1.29, 1.82) is 0 Å². The number of halogens is 1. The quantitative estimate of drug-likeness (QED) is 0.753. The molecule has 0 aliphatic rings. The Morgan fingerprint density at radius 1 is 1.44 bits per heavy atom. The Kier molecular flexibility index (Phi) is 4.40. The smallest absolute Gasteiger partial charge is 0.240 e. The van der Waals surface area contributed by atoms with Crippen molar-refractivity contribution in [2.24, 2.45) is 5.73 Å². The summed E-state index contributed by atoms with van der Waals surface area (Å²) in [7, 11) is -3.55. The highest BCUT2D eigenvalue weighted by atomic mass is 32.2. The lowest BCUT2D eigenvalue weighted by Crippen LogP contribution is -2.26. The van der Waals surface area contributed by atoms with Crippen molar-refractivity contribution >= 4 is 10.0 Å². The van der Waals surface area contributed by atoms with E-state index in [9.17, 15) is 12.8 Å². The van der Waals surface area contributed by atoms with E-state index in [1.807, 2.05) is 0 Å². The van der Waals surface area contributed by atoms with E-state index in [-0.39, 0.29) is 11.4 Å². The molecule has 0 saturated carbocycles. The molecule has 0 fully saturated rings. The predicted molar refractivity (Wildman–Crippen MR) is 60.0 cm³/mol. The minimum Gasteiger partial charge on any atom is -0.330 e. The largest absolute Gasteiger partial charge is 0.330 e. The maximum absolute atomic E-state index is 12.8. The van der Waals surface area contributed by atoms with Gasteiger partial charge in [-0.3, -0.25) is 0 Å². The van der Waals surface area contributed by atoms with Gasteiger partial charge in [0.1, 0.15) is 5.82 Å². The highest BCUT2D eigenvalue weighted by molar-refractivity contribution is 7.89. The standard InChI is InChI=1S/C10H15FN2O2S/c1-8-7-9(11)3-4-10(8)16(14,15)13-6-2-5-12/h3-4,7,13H,2,5-6,12H2,1H3. The van der Waals surface area contributed by atoms with Crippen molar-refractivity contribution in [1.82, 2.24) is 4.72 Å². The van der Waals surface area contributed by atoms with Gasteiger partial charge >= 0.3 is 0 Å². The van der Waals surface area contributed by atoms with E-state index in [4.69, 9.17) is 5.73 Å². The van der Waals surface area contributed by atoms with Crippen LogP contribution in [0.4, 0.5) is 4.39 Å². The molecule has 16 heavy (non-hydrogen) atoms. The van der Waals surface area contributed by atoms with Gasteiger partial charge in [-0.05, 0) is 43.7 Å². The molecule has 0 aliphatic heterocycles. The highest BCUT2D eigenvalue weighted by Crippen LogP contribution is 2.15. The molecular weight excluding hydrogens is 231 g/mol. The topological polar surface area (TPSA) is 72.2 Å². The van der Waals surface area contributed by atoms with Crippen molar-refractivity contribution < 1.29 is 12.8 Å². The monoisotopic (exact) mass is 246 g/mol. The number of rotatable bonds is 5. The van der Waals surface area contributed by atoms with Gasteiger partial charge in [0, 0.05) is 6.54 Å². The third-order valence-corrected chi connectivity index (χ3v) is 3.72. The molecule has 0 aromatic heterocycles. The van der Waals surface area contributed by atoms with E-state index >= 15 is 0 Å². The Labute approximate surface area is 94.7 Å². The van der Waals surface area contributed by atoms with Gasteiger partial charge < -0.3 is 5.73 Å². The van der Waals surface area contributed by atoms with Gasteiger partial charge in [-0.1, -0.05) is 0 Å². The van der Waals surface area contributed by atoms with Crippen LogP contribution in [0.1, 0.15) is 12.0 Å². The first-order chi connectivity index (χ1) is 7.47. The second-order valence-electron chi connectivity index (χ2n) is 3.45. The summed E-state index contributed by atoms with van der Waals surface area (Å²) in [5, 5.41) is 0. The van der Waals surface area contributed by atoms with Crippen LogP contribution < -0.4 is 10.5 Å². The molecule has 0 amide bonds. The van der Waals surface area contributed by atoms with Gasteiger partial charge in [-0.25, -0.2) is 17.5 Å². The number of hydrogen-bond acceptors (Lipinski definition) is 3. The number of nitrogens with two attached hydrogens (primary N) is 1. The first-order valence-electron chi connectivity index (χ1n) is 4.93. The van der Waals surface area contributed by atoms with E-state index in [0.29, 0.717) is 18.5 Å². The summed E-state index contributed by atoms with van der Waals surface area (Å²) in [6.45, 7) is 2.27. The SMILES string of the molecule is Cc1cc(F)ccc1S(=O)(=O)NCCCN. The van der Waals surface area contributed by atoms with Crippen LogP contribution in [0.25, 0.3) is 0 Å². The summed E-state index contributed by atoms with van der Waals surface area (Å²) >= 11 is 0. The first-order valence-corrected chi connectivity index (χ1v) is 6.41. The number of nitrogens with one attached hydrogen (secondary N) is 1. The molecule has 90 valence electrons. The predicted octanol–water partition coefficient (Wildman–Crippen LogP) is 0.761. The lowest BCUT2D eigenvalue weighted by Gasteiger charge is -2.08. The summed E-state index contributed by atoms with van der Waals surface area (Å²) in [6.07, 6.45) is 0.569. The van der Waals surface area contributed by atoms with E-state index < -0.39 is 15.8 Å². The Hall–Kier alpha value is -0.980. The summed E-state index contributed by atoms with van der Waals surface area (Å²) in [4.78, 5) is 0.103. The van der Waals surface area contributed by atoms with E-state index in [2.05, 4.69) is 4.72 Å². The van der Waals surface area contributed by atoms with Crippen molar-refractivity contribution in [3.63, 3.8) is 0 Å². The fourth-order valence-corrected chi connectivity index (χ4v) is 2.60. The van der Waals surface area contributed by atoms with Crippen molar-refractivity contribution in [2.45, 2.75) is 18.2 Å². The van der Waals surface area contributed by atoms with Crippen LogP contribution >= 0.6 is 0 Å². The summed E-state index contributed by atoms with van der Waals surface area (Å²) in [6, 6.07) is 3.58. The van der Waals surface area contributed by atoms with Gasteiger partial charge in [0.25, 0.3) is 0 Å². The average Bonchev–Trinajstić information content (AvgIpc) is 2.17. The zero-order valence-electron chi connectivity index (χ0n) is 9.03. The molecule has 3 N–H and O–H groups in total. The van der Waals surface area contributed by atoms with Crippen LogP contribution in [0.15, 0.2) is 23.1 Å². The van der Waals surface area contributed by atoms with Crippen molar-refractivity contribution in [2.75, 3.05) is 13.1 Å². The number of aryl methyl sites for hydroxylation is 1. The molecule has 4 nitrogen and oxygen atoms in total. The van der Waals surface area contributed by atoms with Crippen LogP contribution in [0, 0.1) is 12.7 Å². The van der Waals surface area contributed by atoms with Gasteiger partial charge in [0.15, 0.2) is 0 Å². The third kappa shape index (κ3) is 3.26. The van der Waals surface area contributed by atoms with Crippen LogP contribution in [0.2, 0.25) is 0 Å². The van der Waals surface area contributed by atoms with Crippen LogP contribution in [0.3, 0.4) is 0 Å². The second kappa shape index (κ2) is 5.38. The lowest BCUT2D eigenvalue weighted by molar-refractivity contribution is 0.578. The Morgan fingerprint density at radius 3 is 2.69 bits per heavy atom. The molecule has 0 bridgehead atoms. The number of hydrogen-bond donors (Lipinski definition) is 2. The van der Waals surface area contributed by atoms with E-state index in [0.717, 1.165) is 6.07 Å². The summed E-state index contributed by atoms with van der Waals surface area (Å²) < 4.78 is 38.7. The van der Waals surface area contributed by atoms with Gasteiger partial charge in [-0.2, -0.15) is 0 Å². The highest BCUT2D eigenvalue weighted by Gasteiger charge is 2.15. The molecule has 0 atom stereocenters. The molecule has 6 heteroatoms. The minimum atomic E-state index is -3.55. The molecule has 0 saturated heterocycles. The molecule has 1 aromatic rings. The zero-order chi connectivity index (χ0) is 12.2. The minimum absolute atomic E-state index is 0.103. The first kappa shape index (κ1) is 13.1. The summed E-state index contributed by atoms with van der Waals surface area (Å²) in [5.41, 5.74) is 5.65. The van der Waals surface area contributed by atoms with Crippen LogP contribution in [-0.2, 0) is 10.0 Å². The van der Waals surface area contributed by atoms with Crippen LogP contribution in [-0.4, -0.2) is 21.5 Å². The molecule has 0 radical (unpaired) electrons. The maximum atomic E-state index is 12.8. The Morgan fingerprint density at radius 2 is 2.12 bits per heavy atom. The lowest BCUT2D eigenvalue weighted by atomic mass is 10.2. The molecule has 0 heterocycles. The molecule has 0 spiro atoms. The number of benzene rings is 1. The van der Waals surface area contributed by atoms with E-state index in [1.165, 1.54) is 12.1 Å². The number of sulfonamides is 1. The normalized spacial score (nSPS) is 11.7. The molecule has 1 aromatic carbocycles. The van der Waals surface area contributed by atoms with Gasteiger partial charge in [-0.15, -0.1) is 0 Å². The third-order valence-electron chi connectivity index (χ3n) is 2.10. The Bertz CT molecular complexity index is 460. The Balaban J connectivity index is 2.90. The fraction of sp³-hybridized carbons (Fsp3) is 0.400. The van der Waals surface area contributed by atoms with Crippen LogP contribution in [0.5, 0.6) is 0 Å². The molecule has 1 rings (SSSR count). The van der Waals surface area contributed by atoms with Crippen molar-refractivity contribution in [3.8, 4) is 0 Å². The second-order valence-corrected chi connectivity index (χ2v) is 5.19. The zero-order valence-corrected chi connectivity index (χ0v) is 9.85.